The van der Waals surface area contributed by atoms with Crippen molar-refractivity contribution in [2.75, 3.05) is 42.8 Å². The predicted octanol–water partition coefficient (Wildman–Crippen LogP) is 1.80. The summed E-state index contributed by atoms with van der Waals surface area (Å²) in [5.74, 6) is 2.79. The molecule has 96 valence electrons. The van der Waals surface area contributed by atoms with E-state index in [-0.39, 0.29) is 6.61 Å². The van der Waals surface area contributed by atoms with Crippen molar-refractivity contribution in [2.24, 2.45) is 0 Å². The molecule has 0 amide bonds. The van der Waals surface area contributed by atoms with Crippen LogP contribution in [0.25, 0.3) is 0 Å². The summed E-state index contributed by atoms with van der Waals surface area (Å²) in [5, 5.41) is 11.9. The summed E-state index contributed by atoms with van der Waals surface area (Å²) in [6.45, 7) is 1.12. The van der Waals surface area contributed by atoms with Crippen molar-refractivity contribution in [1.29, 1.82) is 0 Å². The van der Waals surface area contributed by atoms with Crippen molar-refractivity contribution in [1.82, 2.24) is 0 Å². The molecule has 1 aromatic carbocycles. The highest BCUT2D eigenvalue weighted by Crippen LogP contribution is 2.24. The third-order valence-electron chi connectivity index (χ3n) is 2.27. The zero-order valence-corrected chi connectivity index (χ0v) is 10.9. The molecule has 0 heterocycles. The molecule has 0 saturated carbocycles. The molecule has 0 bridgehead atoms. The number of thioether (sulfide) groups is 1. The Morgan fingerprint density at radius 1 is 1.41 bits per heavy atom. The van der Waals surface area contributed by atoms with Crippen molar-refractivity contribution < 1.29 is 9.84 Å². The molecule has 0 aromatic heterocycles. The van der Waals surface area contributed by atoms with Crippen LogP contribution in [0, 0.1) is 0 Å². The number of hydrogen-bond donors (Lipinski definition) is 3. The first-order valence-corrected chi connectivity index (χ1v) is 6.79. The molecule has 0 aliphatic rings. The normalized spacial score (nSPS) is 10.2. The van der Waals surface area contributed by atoms with Gasteiger partial charge in [0.1, 0.15) is 5.75 Å². The van der Waals surface area contributed by atoms with Crippen molar-refractivity contribution in [2.45, 2.75) is 6.42 Å². The van der Waals surface area contributed by atoms with Crippen molar-refractivity contribution in [3.8, 4) is 5.75 Å². The number of nitrogen functional groups attached to an aromatic ring is 1. The fourth-order valence-electron chi connectivity index (χ4n) is 1.34. The molecule has 4 N–H and O–H groups in total. The van der Waals surface area contributed by atoms with Crippen molar-refractivity contribution >= 4 is 23.1 Å². The Morgan fingerprint density at radius 2 is 2.24 bits per heavy atom. The van der Waals surface area contributed by atoms with Gasteiger partial charge in [-0.25, -0.2) is 0 Å². The van der Waals surface area contributed by atoms with Crippen LogP contribution >= 0.6 is 11.8 Å². The second kappa shape index (κ2) is 8.08. The highest BCUT2D eigenvalue weighted by atomic mass is 32.2. The summed E-state index contributed by atoms with van der Waals surface area (Å²) < 4.78 is 5.14. The number of nitrogens with one attached hydrogen (secondary N) is 1. The highest BCUT2D eigenvalue weighted by molar-refractivity contribution is 7.99. The van der Waals surface area contributed by atoms with E-state index in [0.29, 0.717) is 0 Å². The molecule has 1 rings (SSSR count). The molecule has 1 aromatic rings. The minimum Gasteiger partial charge on any atom is -0.497 e. The lowest BCUT2D eigenvalue weighted by molar-refractivity contribution is 0.296. The Labute approximate surface area is 107 Å². The average molecular weight is 256 g/mol. The number of benzene rings is 1. The number of rotatable bonds is 8. The number of aliphatic hydroxyl groups is 1. The summed E-state index contributed by atoms with van der Waals surface area (Å²) in [6, 6.07) is 5.57. The fraction of sp³-hybridized carbons (Fsp3) is 0.500. The maximum atomic E-state index is 8.64. The standard InChI is InChI=1S/C12H20N2O2S/c1-16-10-3-4-11(13)12(9-10)14-5-8-17-7-2-6-15/h3-4,9,14-15H,2,5-8,13H2,1H3. The Bertz CT molecular complexity index is 334. The van der Waals surface area contributed by atoms with Crippen LogP contribution in [-0.4, -0.2) is 36.9 Å². The van der Waals surface area contributed by atoms with E-state index in [1.165, 1.54) is 0 Å². The second-order valence-corrected chi connectivity index (χ2v) is 4.79. The summed E-state index contributed by atoms with van der Waals surface area (Å²) in [5.41, 5.74) is 7.49. The molecule has 0 fully saturated rings. The maximum absolute atomic E-state index is 8.64. The molecule has 0 aliphatic carbocycles. The summed E-state index contributed by atoms with van der Waals surface area (Å²) in [6.07, 6.45) is 0.853. The van der Waals surface area contributed by atoms with Crippen LogP contribution in [0.15, 0.2) is 18.2 Å². The zero-order chi connectivity index (χ0) is 12.5. The first kappa shape index (κ1) is 14.0. The quantitative estimate of drug-likeness (QED) is 0.489. The third-order valence-corrected chi connectivity index (χ3v) is 3.34. The minimum absolute atomic E-state index is 0.267. The van der Waals surface area contributed by atoms with Gasteiger partial charge in [-0.15, -0.1) is 0 Å². The van der Waals surface area contributed by atoms with Crippen LogP contribution in [0.2, 0.25) is 0 Å². The van der Waals surface area contributed by atoms with Crippen LogP contribution in [0.3, 0.4) is 0 Å². The van der Waals surface area contributed by atoms with Gasteiger partial charge >= 0.3 is 0 Å². The van der Waals surface area contributed by atoms with Gasteiger partial charge in [0, 0.05) is 25.0 Å². The Morgan fingerprint density at radius 3 is 2.94 bits per heavy atom. The Balaban J connectivity index is 2.30. The van der Waals surface area contributed by atoms with Crippen LogP contribution in [0.5, 0.6) is 5.75 Å². The van der Waals surface area contributed by atoms with E-state index in [2.05, 4.69) is 5.32 Å². The molecule has 0 unspecified atom stereocenters. The lowest BCUT2D eigenvalue weighted by Crippen LogP contribution is -2.07. The van der Waals surface area contributed by atoms with Gasteiger partial charge in [-0.2, -0.15) is 11.8 Å². The number of anilines is 2. The number of nitrogens with two attached hydrogens (primary N) is 1. The van der Waals surface area contributed by atoms with Crippen LogP contribution < -0.4 is 15.8 Å². The van der Waals surface area contributed by atoms with E-state index in [9.17, 15) is 0 Å². The van der Waals surface area contributed by atoms with Crippen LogP contribution in [-0.2, 0) is 0 Å². The summed E-state index contributed by atoms with van der Waals surface area (Å²) in [7, 11) is 1.64. The van der Waals surface area contributed by atoms with E-state index in [1.807, 2.05) is 30.0 Å². The van der Waals surface area contributed by atoms with E-state index < -0.39 is 0 Å². The molecule has 0 spiro atoms. The topological polar surface area (TPSA) is 67.5 Å². The van der Waals surface area contributed by atoms with Crippen LogP contribution in [0.4, 0.5) is 11.4 Å². The van der Waals surface area contributed by atoms with E-state index in [0.717, 1.165) is 41.6 Å². The smallest absolute Gasteiger partial charge is 0.121 e. The van der Waals surface area contributed by atoms with Gasteiger partial charge in [0.25, 0.3) is 0 Å². The molecular formula is C12H20N2O2S. The largest absolute Gasteiger partial charge is 0.497 e. The van der Waals surface area contributed by atoms with E-state index in [4.69, 9.17) is 15.6 Å². The molecular weight excluding hydrogens is 236 g/mol. The van der Waals surface area contributed by atoms with Gasteiger partial charge in [-0.05, 0) is 24.3 Å². The minimum atomic E-state index is 0.267. The SMILES string of the molecule is COc1ccc(N)c(NCCSCCCO)c1. The van der Waals surface area contributed by atoms with Gasteiger partial charge in [0.15, 0.2) is 0 Å². The second-order valence-electron chi connectivity index (χ2n) is 3.57. The Hall–Kier alpha value is -1.07. The molecule has 0 atom stereocenters. The highest BCUT2D eigenvalue weighted by Gasteiger charge is 2.00. The van der Waals surface area contributed by atoms with Gasteiger partial charge in [0.05, 0.1) is 18.5 Å². The van der Waals surface area contributed by atoms with Crippen LogP contribution in [0.1, 0.15) is 6.42 Å². The first-order chi connectivity index (χ1) is 8.27. The van der Waals surface area contributed by atoms with E-state index >= 15 is 0 Å². The molecule has 5 heteroatoms. The molecule has 17 heavy (non-hydrogen) atoms. The number of hydrogen-bond acceptors (Lipinski definition) is 5. The average Bonchev–Trinajstić information content (AvgIpc) is 2.35. The van der Waals surface area contributed by atoms with Crippen molar-refractivity contribution in [3.63, 3.8) is 0 Å². The summed E-state index contributed by atoms with van der Waals surface area (Å²) in [4.78, 5) is 0. The number of ether oxygens (including phenoxy) is 1. The molecule has 0 aliphatic heterocycles. The van der Waals surface area contributed by atoms with E-state index in [1.54, 1.807) is 7.11 Å². The maximum Gasteiger partial charge on any atom is 0.121 e. The van der Waals surface area contributed by atoms with Gasteiger partial charge in [-0.1, -0.05) is 0 Å². The first-order valence-electron chi connectivity index (χ1n) is 5.64. The van der Waals surface area contributed by atoms with Gasteiger partial charge in [0.2, 0.25) is 0 Å². The van der Waals surface area contributed by atoms with Crippen molar-refractivity contribution in [3.05, 3.63) is 18.2 Å². The monoisotopic (exact) mass is 256 g/mol. The number of methoxy groups -OCH3 is 1. The molecule has 4 nitrogen and oxygen atoms in total. The lowest BCUT2D eigenvalue weighted by atomic mass is 10.2. The Kier molecular flexibility index (Phi) is 6.65. The fourth-order valence-corrected chi connectivity index (χ4v) is 2.13. The van der Waals surface area contributed by atoms with Gasteiger partial charge in [-0.3, -0.25) is 0 Å². The third kappa shape index (κ3) is 5.19. The van der Waals surface area contributed by atoms with Gasteiger partial charge < -0.3 is 20.9 Å². The lowest BCUT2D eigenvalue weighted by Gasteiger charge is -2.10. The molecule has 0 radical (unpaired) electrons. The zero-order valence-electron chi connectivity index (χ0n) is 10.1. The predicted molar refractivity (Wildman–Crippen MR) is 74.9 cm³/mol. The molecule has 0 saturated heterocycles. The number of aliphatic hydroxyl groups excluding tert-OH is 1. The summed E-state index contributed by atoms with van der Waals surface area (Å²) >= 11 is 1.82.